The summed E-state index contributed by atoms with van der Waals surface area (Å²) in [5.74, 6) is 2.09. The molecule has 1 atom stereocenters. The Kier molecular flexibility index (Phi) is 8.66. The van der Waals surface area contributed by atoms with E-state index in [4.69, 9.17) is 19.9 Å². The molecule has 0 saturated carbocycles. The molecule has 12 rings (SSSR count). The van der Waals surface area contributed by atoms with E-state index in [1.54, 1.807) is 0 Å². The lowest BCUT2D eigenvalue weighted by atomic mass is 9.92. The molecule has 4 heterocycles. The molecule has 0 radical (unpaired) electrons. The molecule has 0 bridgehead atoms. The second-order valence-electron chi connectivity index (χ2n) is 16.1. The maximum absolute atomic E-state index is 5.36. The van der Waals surface area contributed by atoms with Crippen LogP contribution in [-0.2, 0) is 6.42 Å². The smallest absolute Gasteiger partial charge is 0.238 e. The number of rotatable bonds is 7. The van der Waals surface area contributed by atoms with Crippen molar-refractivity contribution in [3.05, 3.63) is 217 Å². The van der Waals surface area contributed by atoms with Gasteiger partial charge in [0.1, 0.15) is 5.82 Å². The maximum atomic E-state index is 5.36. The molecule has 0 amide bonds. The normalized spacial score (nSPS) is 14.7. The number of pyridine rings is 1. The van der Waals surface area contributed by atoms with E-state index >= 15 is 0 Å². The Hall–Kier alpha value is -7.96. The van der Waals surface area contributed by atoms with Gasteiger partial charge in [0.05, 0.1) is 33.6 Å². The van der Waals surface area contributed by atoms with Crippen molar-refractivity contribution < 1.29 is 0 Å². The first kappa shape index (κ1) is 35.9. The van der Waals surface area contributed by atoms with Gasteiger partial charge < -0.3 is 4.57 Å². The van der Waals surface area contributed by atoms with E-state index in [0.29, 0.717) is 11.8 Å². The van der Waals surface area contributed by atoms with E-state index in [1.165, 1.54) is 32.9 Å². The Morgan fingerprint density at radius 2 is 1.18 bits per heavy atom. The molecule has 0 saturated heterocycles. The molecular formula is C56H40N6. The van der Waals surface area contributed by atoms with Gasteiger partial charge in [0.25, 0.3) is 0 Å². The Labute approximate surface area is 359 Å². The monoisotopic (exact) mass is 796 g/mol. The molecule has 6 heteroatoms. The van der Waals surface area contributed by atoms with Gasteiger partial charge in [-0.3, -0.25) is 4.57 Å². The first-order valence-corrected chi connectivity index (χ1v) is 21.4. The number of fused-ring (bicyclic) bond motifs is 7. The topological polar surface area (TPSA) is 61.4 Å². The number of para-hydroxylation sites is 1. The molecule has 0 spiro atoms. The van der Waals surface area contributed by atoms with Gasteiger partial charge in [0.2, 0.25) is 5.95 Å². The standard InChI is InChI=1S/C56H40N6/c1-4-16-37(17-5-1)38-30-32-41(33-31-38)55-58-54(40-20-8-3-9-21-40)59-56(60-55)62-49-29-13-11-25-45(49)53-51(62)35-34-50-52(53)44-24-10-12-28-48(44)61(50)43-23-14-22-42(36-43)47-27-15-26-46(57-47)39-18-6-2-7-19-39/h1-10,12-24,26-32,34-36,41H,11,25,33H2. The number of allylic oxidation sites excluding steroid dienone is 5. The van der Waals surface area contributed by atoms with E-state index in [0.717, 1.165) is 81.1 Å². The van der Waals surface area contributed by atoms with Gasteiger partial charge in [0, 0.05) is 44.5 Å². The lowest BCUT2D eigenvalue weighted by Gasteiger charge is -2.18. The van der Waals surface area contributed by atoms with Gasteiger partial charge in [0.15, 0.2) is 5.82 Å². The van der Waals surface area contributed by atoms with Crippen LogP contribution in [0.5, 0.6) is 0 Å². The summed E-state index contributed by atoms with van der Waals surface area (Å²) in [5.41, 5.74) is 14.4. The summed E-state index contributed by atoms with van der Waals surface area (Å²) in [5, 5.41) is 3.71. The molecule has 0 N–H and O–H groups in total. The van der Waals surface area contributed by atoms with Crippen molar-refractivity contribution >= 4 is 44.4 Å². The van der Waals surface area contributed by atoms with Crippen molar-refractivity contribution in [2.75, 3.05) is 0 Å². The summed E-state index contributed by atoms with van der Waals surface area (Å²) in [6.07, 6.45) is 14.0. The van der Waals surface area contributed by atoms with E-state index in [-0.39, 0.29) is 5.92 Å². The molecule has 6 aromatic carbocycles. The molecule has 1 unspecified atom stereocenters. The van der Waals surface area contributed by atoms with Crippen molar-refractivity contribution in [2.45, 2.75) is 25.2 Å². The number of hydrogen-bond donors (Lipinski definition) is 0. The summed E-state index contributed by atoms with van der Waals surface area (Å²) in [4.78, 5) is 20.9. The van der Waals surface area contributed by atoms with Crippen LogP contribution in [0, 0.1) is 0 Å². The number of aryl methyl sites for hydroxylation is 1. The highest BCUT2D eigenvalue weighted by Crippen LogP contribution is 2.43. The van der Waals surface area contributed by atoms with Gasteiger partial charge >= 0.3 is 0 Å². The van der Waals surface area contributed by atoms with Crippen molar-refractivity contribution in [2.24, 2.45) is 0 Å². The van der Waals surface area contributed by atoms with Crippen LogP contribution in [0.2, 0.25) is 0 Å². The zero-order chi connectivity index (χ0) is 41.0. The molecule has 2 aliphatic carbocycles. The van der Waals surface area contributed by atoms with Crippen LogP contribution >= 0.6 is 0 Å². The molecule has 10 aromatic rings. The third-order valence-electron chi connectivity index (χ3n) is 12.4. The number of benzene rings is 6. The van der Waals surface area contributed by atoms with E-state index in [1.807, 2.05) is 24.3 Å². The fourth-order valence-corrected chi connectivity index (χ4v) is 9.47. The van der Waals surface area contributed by atoms with Crippen molar-refractivity contribution in [1.82, 2.24) is 29.1 Å². The van der Waals surface area contributed by atoms with Crippen LogP contribution in [0.3, 0.4) is 0 Å². The fourth-order valence-electron chi connectivity index (χ4n) is 9.47. The van der Waals surface area contributed by atoms with Crippen LogP contribution < -0.4 is 0 Å². The zero-order valence-corrected chi connectivity index (χ0v) is 33.9. The van der Waals surface area contributed by atoms with Gasteiger partial charge in [-0.05, 0) is 84.5 Å². The minimum atomic E-state index is 0.0105. The average Bonchev–Trinajstić information content (AvgIpc) is 3.88. The molecule has 0 fully saturated rings. The molecule has 294 valence electrons. The SMILES string of the molecule is C1=Cc2c(c3c4c5ccccc5n(-c5cccc(-c6cccc(-c7ccccc7)n6)c5)c4ccc3n2-c2nc(-c3ccccc3)nc(C3C=CC(c4ccccc4)=CC3)n2)CC1. The van der Waals surface area contributed by atoms with Crippen LogP contribution in [0.1, 0.15) is 41.4 Å². The quantitative estimate of drug-likeness (QED) is 0.161. The minimum Gasteiger partial charge on any atom is -0.309 e. The van der Waals surface area contributed by atoms with E-state index in [2.05, 4.69) is 185 Å². The Balaban J connectivity index is 1.03. The van der Waals surface area contributed by atoms with Crippen LogP contribution in [-0.4, -0.2) is 29.1 Å². The second-order valence-corrected chi connectivity index (χ2v) is 16.1. The summed E-state index contributed by atoms with van der Waals surface area (Å²) >= 11 is 0. The summed E-state index contributed by atoms with van der Waals surface area (Å²) < 4.78 is 4.70. The number of nitrogens with zero attached hydrogens (tertiary/aromatic N) is 6. The lowest BCUT2D eigenvalue weighted by Crippen LogP contribution is -2.13. The molecule has 62 heavy (non-hydrogen) atoms. The van der Waals surface area contributed by atoms with Gasteiger partial charge in [-0.25, -0.2) is 9.97 Å². The number of aromatic nitrogens is 6. The lowest BCUT2D eigenvalue weighted by molar-refractivity contribution is 0.747. The third-order valence-corrected chi connectivity index (χ3v) is 12.4. The largest absolute Gasteiger partial charge is 0.309 e. The van der Waals surface area contributed by atoms with Crippen LogP contribution in [0.4, 0.5) is 0 Å². The Morgan fingerprint density at radius 1 is 0.500 bits per heavy atom. The summed E-state index contributed by atoms with van der Waals surface area (Å²) in [7, 11) is 0. The van der Waals surface area contributed by atoms with Crippen molar-refractivity contribution in [3.63, 3.8) is 0 Å². The molecular weight excluding hydrogens is 757 g/mol. The second kappa shape index (κ2) is 14.9. The minimum absolute atomic E-state index is 0.0105. The Morgan fingerprint density at radius 3 is 1.95 bits per heavy atom. The molecule has 2 aliphatic rings. The average molecular weight is 797 g/mol. The Bertz CT molecular complexity index is 3430. The van der Waals surface area contributed by atoms with Crippen LogP contribution in [0.15, 0.2) is 194 Å². The van der Waals surface area contributed by atoms with Gasteiger partial charge in [-0.15, -0.1) is 0 Å². The molecule has 4 aromatic heterocycles. The zero-order valence-electron chi connectivity index (χ0n) is 33.9. The first-order chi connectivity index (χ1) is 30.7. The predicted molar refractivity (Wildman–Crippen MR) is 253 cm³/mol. The van der Waals surface area contributed by atoms with Crippen molar-refractivity contribution in [1.29, 1.82) is 0 Å². The maximum Gasteiger partial charge on any atom is 0.238 e. The highest BCUT2D eigenvalue weighted by atomic mass is 15.2. The molecule has 6 nitrogen and oxygen atoms in total. The number of hydrogen-bond acceptors (Lipinski definition) is 4. The van der Waals surface area contributed by atoms with Gasteiger partial charge in [-0.1, -0.05) is 152 Å². The van der Waals surface area contributed by atoms with Gasteiger partial charge in [-0.2, -0.15) is 9.97 Å². The van der Waals surface area contributed by atoms with Crippen LogP contribution in [0.25, 0.3) is 89.9 Å². The summed E-state index contributed by atoms with van der Waals surface area (Å²) in [6, 6.07) is 59.6. The summed E-state index contributed by atoms with van der Waals surface area (Å²) in [6.45, 7) is 0. The molecule has 0 aliphatic heterocycles. The van der Waals surface area contributed by atoms with Crippen molar-refractivity contribution in [3.8, 4) is 45.5 Å². The highest BCUT2D eigenvalue weighted by Gasteiger charge is 2.27. The highest BCUT2D eigenvalue weighted by molar-refractivity contribution is 6.22. The first-order valence-electron chi connectivity index (χ1n) is 21.4. The third kappa shape index (κ3) is 6.10. The van der Waals surface area contributed by atoms with E-state index in [9.17, 15) is 0 Å². The van der Waals surface area contributed by atoms with E-state index < -0.39 is 0 Å². The fraction of sp³-hybridized carbons (Fsp3) is 0.0714. The predicted octanol–water partition coefficient (Wildman–Crippen LogP) is 13.4.